The Morgan fingerprint density at radius 3 is 1.19 bits per heavy atom. The van der Waals surface area contributed by atoms with Crippen LogP contribution in [0.4, 0.5) is 17.1 Å². The van der Waals surface area contributed by atoms with Crippen molar-refractivity contribution in [2.45, 2.75) is 0 Å². The summed E-state index contributed by atoms with van der Waals surface area (Å²) in [6.07, 6.45) is 0. The van der Waals surface area contributed by atoms with Gasteiger partial charge in [-0.2, -0.15) is 0 Å². The molecule has 0 atom stereocenters. The number of benzene rings is 9. The van der Waals surface area contributed by atoms with E-state index in [0.717, 1.165) is 66.8 Å². The van der Waals surface area contributed by atoms with Crippen LogP contribution >= 0.6 is 0 Å². The normalized spacial score (nSPS) is 11.1. The van der Waals surface area contributed by atoms with Gasteiger partial charge in [0.15, 0.2) is 17.5 Å². The molecule has 0 fully saturated rings. The van der Waals surface area contributed by atoms with E-state index in [1.54, 1.807) is 0 Å². The standard InChI is InChI=1S/C55H38N4/c1-5-18-39(19-6-1)44-28-14-32-48(37-44)59(49-33-15-29-45(38-49)40-20-7-2-8-21-40)51-35-17-27-41-26-16-34-50(52(41)51)46-30-13-31-47(36-46)55-57-53(42-22-9-3-10-23-42)56-54(58-55)43-24-11-4-12-25-43/h1-38H. The predicted molar refractivity (Wildman–Crippen MR) is 245 cm³/mol. The van der Waals surface area contributed by atoms with Crippen LogP contribution in [0.5, 0.6) is 0 Å². The first kappa shape index (κ1) is 35.5. The smallest absolute Gasteiger partial charge is 0.164 e. The lowest BCUT2D eigenvalue weighted by molar-refractivity contribution is 1.07. The van der Waals surface area contributed by atoms with E-state index >= 15 is 0 Å². The van der Waals surface area contributed by atoms with Gasteiger partial charge in [-0.3, -0.25) is 0 Å². The minimum Gasteiger partial charge on any atom is -0.310 e. The van der Waals surface area contributed by atoms with Crippen molar-refractivity contribution < 1.29 is 0 Å². The molecule has 0 bridgehead atoms. The number of aromatic nitrogens is 3. The van der Waals surface area contributed by atoms with Crippen molar-refractivity contribution in [2.75, 3.05) is 4.90 Å². The Balaban J connectivity index is 1.15. The summed E-state index contributed by atoms with van der Waals surface area (Å²) >= 11 is 0. The molecule has 0 unspecified atom stereocenters. The summed E-state index contributed by atoms with van der Waals surface area (Å²) in [6.45, 7) is 0. The van der Waals surface area contributed by atoms with E-state index in [2.05, 4.69) is 175 Å². The van der Waals surface area contributed by atoms with Gasteiger partial charge in [-0.05, 0) is 75.2 Å². The van der Waals surface area contributed by atoms with Gasteiger partial charge in [-0.1, -0.05) is 194 Å². The van der Waals surface area contributed by atoms with Crippen LogP contribution in [0.1, 0.15) is 0 Å². The van der Waals surface area contributed by atoms with Crippen LogP contribution in [-0.4, -0.2) is 15.0 Å². The number of fused-ring (bicyclic) bond motifs is 1. The molecule has 0 amide bonds. The maximum Gasteiger partial charge on any atom is 0.164 e. The van der Waals surface area contributed by atoms with Crippen molar-refractivity contribution >= 4 is 27.8 Å². The quantitative estimate of drug-likeness (QED) is 0.147. The molecule has 0 radical (unpaired) electrons. The van der Waals surface area contributed by atoms with Gasteiger partial charge in [0.1, 0.15) is 0 Å². The number of rotatable bonds is 9. The molecule has 4 nitrogen and oxygen atoms in total. The van der Waals surface area contributed by atoms with E-state index in [4.69, 9.17) is 15.0 Å². The molecule has 278 valence electrons. The van der Waals surface area contributed by atoms with E-state index in [-0.39, 0.29) is 0 Å². The van der Waals surface area contributed by atoms with Crippen molar-refractivity contribution in [1.82, 2.24) is 15.0 Å². The summed E-state index contributed by atoms with van der Waals surface area (Å²) in [4.78, 5) is 17.4. The molecule has 4 heteroatoms. The monoisotopic (exact) mass is 754 g/mol. The summed E-state index contributed by atoms with van der Waals surface area (Å²) in [5.74, 6) is 1.90. The van der Waals surface area contributed by atoms with Crippen molar-refractivity contribution in [2.24, 2.45) is 0 Å². The topological polar surface area (TPSA) is 41.9 Å². The number of anilines is 3. The van der Waals surface area contributed by atoms with Crippen molar-refractivity contribution in [3.63, 3.8) is 0 Å². The molecule has 0 saturated carbocycles. The lowest BCUT2D eigenvalue weighted by atomic mass is 9.94. The van der Waals surface area contributed by atoms with Crippen LogP contribution < -0.4 is 4.90 Å². The second-order valence-electron chi connectivity index (χ2n) is 14.5. The van der Waals surface area contributed by atoms with Gasteiger partial charge in [0.25, 0.3) is 0 Å². The highest BCUT2D eigenvalue weighted by Gasteiger charge is 2.20. The van der Waals surface area contributed by atoms with E-state index in [9.17, 15) is 0 Å². The van der Waals surface area contributed by atoms with E-state index in [0.29, 0.717) is 17.5 Å². The Kier molecular flexibility index (Phi) is 9.55. The molecule has 10 aromatic rings. The zero-order chi connectivity index (χ0) is 39.4. The van der Waals surface area contributed by atoms with E-state index < -0.39 is 0 Å². The van der Waals surface area contributed by atoms with Gasteiger partial charge >= 0.3 is 0 Å². The molecule has 0 spiro atoms. The minimum absolute atomic E-state index is 0.622. The first-order valence-electron chi connectivity index (χ1n) is 19.9. The molecule has 0 aliphatic rings. The summed E-state index contributed by atoms with van der Waals surface area (Å²) in [7, 11) is 0. The number of hydrogen-bond donors (Lipinski definition) is 0. The summed E-state index contributed by atoms with van der Waals surface area (Å²) in [5, 5.41) is 2.29. The van der Waals surface area contributed by atoms with Gasteiger partial charge in [0, 0.05) is 33.5 Å². The maximum absolute atomic E-state index is 5.06. The van der Waals surface area contributed by atoms with Gasteiger partial charge in [0.2, 0.25) is 0 Å². The SMILES string of the molecule is c1ccc(-c2cccc(N(c3cccc(-c4ccccc4)c3)c3cccc4cccc(-c5cccc(-c6nc(-c7ccccc7)nc(-c7ccccc7)n6)c5)c34)c2)cc1. The lowest BCUT2D eigenvalue weighted by Crippen LogP contribution is -2.11. The molecule has 0 aliphatic carbocycles. The highest BCUT2D eigenvalue weighted by Crippen LogP contribution is 2.44. The molecule has 0 saturated heterocycles. The first-order chi connectivity index (χ1) is 29.2. The van der Waals surface area contributed by atoms with Crippen molar-refractivity contribution in [3.8, 4) is 67.5 Å². The van der Waals surface area contributed by atoms with Crippen LogP contribution in [0, 0.1) is 0 Å². The second-order valence-corrected chi connectivity index (χ2v) is 14.5. The van der Waals surface area contributed by atoms with Gasteiger partial charge in [-0.25, -0.2) is 15.0 Å². The Hall–Kier alpha value is -7.95. The Morgan fingerprint density at radius 1 is 0.271 bits per heavy atom. The fraction of sp³-hybridized carbons (Fsp3) is 0. The fourth-order valence-electron chi connectivity index (χ4n) is 7.85. The summed E-state index contributed by atoms with van der Waals surface area (Å²) in [5.41, 5.74) is 12.9. The third-order valence-electron chi connectivity index (χ3n) is 10.7. The van der Waals surface area contributed by atoms with Gasteiger partial charge < -0.3 is 4.90 Å². The molecule has 0 N–H and O–H groups in total. The largest absolute Gasteiger partial charge is 0.310 e. The molecule has 59 heavy (non-hydrogen) atoms. The molecule has 9 aromatic carbocycles. The Morgan fingerprint density at radius 2 is 0.661 bits per heavy atom. The van der Waals surface area contributed by atoms with Crippen LogP contribution in [0.2, 0.25) is 0 Å². The van der Waals surface area contributed by atoms with Crippen LogP contribution in [0.3, 0.4) is 0 Å². The highest BCUT2D eigenvalue weighted by atomic mass is 15.1. The highest BCUT2D eigenvalue weighted by molar-refractivity contribution is 6.08. The van der Waals surface area contributed by atoms with Gasteiger partial charge in [-0.15, -0.1) is 0 Å². The van der Waals surface area contributed by atoms with Gasteiger partial charge in [0.05, 0.1) is 5.69 Å². The predicted octanol–water partition coefficient (Wildman–Crippen LogP) is 14.5. The first-order valence-corrected chi connectivity index (χ1v) is 19.9. The zero-order valence-electron chi connectivity index (χ0n) is 32.2. The third-order valence-corrected chi connectivity index (χ3v) is 10.7. The second kappa shape index (κ2) is 15.9. The van der Waals surface area contributed by atoms with Crippen molar-refractivity contribution in [3.05, 3.63) is 231 Å². The molecule has 10 rings (SSSR count). The molecule has 0 aliphatic heterocycles. The molecule has 1 aromatic heterocycles. The summed E-state index contributed by atoms with van der Waals surface area (Å²) in [6, 6.07) is 80.8. The fourth-order valence-corrected chi connectivity index (χ4v) is 7.85. The average molecular weight is 755 g/mol. The minimum atomic E-state index is 0.622. The van der Waals surface area contributed by atoms with Crippen LogP contribution in [0.25, 0.3) is 78.3 Å². The van der Waals surface area contributed by atoms with Crippen molar-refractivity contribution in [1.29, 1.82) is 0 Å². The number of nitrogens with zero attached hydrogens (tertiary/aromatic N) is 4. The number of hydrogen-bond acceptors (Lipinski definition) is 4. The lowest BCUT2D eigenvalue weighted by Gasteiger charge is -2.28. The zero-order valence-corrected chi connectivity index (χ0v) is 32.2. The Labute approximate surface area is 344 Å². The Bertz CT molecular complexity index is 2890. The summed E-state index contributed by atoms with van der Waals surface area (Å²) < 4.78 is 0. The third kappa shape index (κ3) is 7.27. The molecular weight excluding hydrogens is 717 g/mol. The van der Waals surface area contributed by atoms with E-state index in [1.807, 2.05) is 60.7 Å². The molecular formula is C55H38N4. The molecule has 1 heterocycles. The van der Waals surface area contributed by atoms with Crippen LogP contribution in [-0.2, 0) is 0 Å². The average Bonchev–Trinajstić information content (AvgIpc) is 3.33. The van der Waals surface area contributed by atoms with Crippen LogP contribution in [0.15, 0.2) is 231 Å². The maximum atomic E-state index is 5.06. The van der Waals surface area contributed by atoms with E-state index in [1.165, 1.54) is 11.1 Å².